The van der Waals surface area contributed by atoms with E-state index in [9.17, 15) is 4.39 Å². The molecule has 110 valence electrons. The predicted octanol–water partition coefficient (Wildman–Crippen LogP) is 3.43. The van der Waals surface area contributed by atoms with Crippen LogP contribution in [0.15, 0.2) is 24.3 Å². The Kier molecular flexibility index (Phi) is 4.25. The summed E-state index contributed by atoms with van der Waals surface area (Å²) in [7, 11) is 0. The van der Waals surface area contributed by atoms with Crippen molar-refractivity contribution < 1.29 is 4.39 Å². The molecule has 1 saturated carbocycles. The molecule has 2 fully saturated rings. The van der Waals surface area contributed by atoms with E-state index in [4.69, 9.17) is 0 Å². The molecule has 1 N–H and O–H groups in total. The summed E-state index contributed by atoms with van der Waals surface area (Å²) in [5.74, 6) is 1.48. The van der Waals surface area contributed by atoms with Gasteiger partial charge in [-0.3, -0.25) is 0 Å². The van der Waals surface area contributed by atoms with Crippen molar-refractivity contribution in [2.24, 2.45) is 11.8 Å². The van der Waals surface area contributed by atoms with Gasteiger partial charge in [0.1, 0.15) is 5.82 Å². The van der Waals surface area contributed by atoms with E-state index in [1.54, 1.807) is 12.1 Å². The molecule has 3 heteroatoms. The molecule has 20 heavy (non-hydrogen) atoms. The van der Waals surface area contributed by atoms with E-state index >= 15 is 0 Å². The highest BCUT2D eigenvalue weighted by Crippen LogP contribution is 2.30. The Bertz CT molecular complexity index is 444. The van der Waals surface area contributed by atoms with E-state index in [2.05, 4.69) is 17.1 Å². The second-order valence-corrected chi connectivity index (χ2v) is 6.41. The van der Waals surface area contributed by atoms with Crippen molar-refractivity contribution in [2.75, 3.05) is 24.5 Å². The third-order valence-corrected chi connectivity index (χ3v) is 4.70. The Balaban J connectivity index is 1.67. The van der Waals surface area contributed by atoms with Crippen molar-refractivity contribution in [3.63, 3.8) is 0 Å². The lowest BCUT2D eigenvalue weighted by molar-refractivity contribution is 0.322. The van der Waals surface area contributed by atoms with Crippen LogP contribution in [0.4, 0.5) is 10.1 Å². The minimum atomic E-state index is -0.0924. The van der Waals surface area contributed by atoms with Crippen LogP contribution in [0.2, 0.25) is 0 Å². The summed E-state index contributed by atoms with van der Waals surface area (Å²) in [6.45, 7) is 5.31. The van der Waals surface area contributed by atoms with E-state index < -0.39 is 0 Å². The van der Waals surface area contributed by atoms with Crippen LogP contribution in [-0.4, -0.2) is 25.7 Å². The van der Waals surface area contributed by atoms with Crippen LogP contribution in [0.5, 0.6) is 0 Å². The van der Waals surface area contributed by atoms with Crippen molar-refractivity contribution in [3.05, 3.63) is 30.1 Å². The average Bonchev–Trinajstić information content (AvgIpc) is 3.29. The number of hydrogen-bond donors (Lipinski definition) is 1. The molecular formula is C17H25FN2. The second kappa shape index (κ2) is 6.13. The zero-order valence-electron chi connectivity index (χ0n) is 12.3. The highest BCUT2D eigenvalue weighted by atomic mass is 19.1. The lowest BCUT2D eigenvalue weighted by atomic mass is 9.91. The van der Waals surface area contributed by atoms with Crippen LogP contribution in [0.25, 0.3) is 0 Å². The molecule has 1 heterocycles. The number of rotatable bonds is 5. The fourth-order valence-electron chi connectivity index (χ4n) is 3.21. The van der Waals surface area contributed by atoms with Gasteiger partial charge in [-0.25, -0.2) is 4.39 Å². The molecule has 1 aliphatic carbocycles. The molecule has 1 saturated heterocycles. The molecule has 0 amide bonds. The maximum atomic E-state index is 14.0. The van der Waals surface area contributed by atoms with Gasteiger partial charge in [-0.15, -0.1) is 0 Å². The summed E-state index contributed by atoms with van der Waals surface area (Å²) >= 11 is 0. The molecule has 0 spiro atoms. The van der Waals surface area contributed by atoms with Crippen LogP contribution in [0.3, 0.4) is 0 Å². The van der Waals surface area contributed by atoms with Crippen LogP contribution >= 0.6 is 0 Å². The van der Waals surface area contributed by atoms with Gasteiger partial charge in [0.15, 0.2) is 0 Å². The number of hydrogen-bond acceptors (Lipinski definition) is 2. The molecule has 2 aliphatic rings. The zero-order valence-corrected chi connectivity index (χ0v) is 12.3. The molecule has 3 rings (SSSR count). The van der Waals surface area contributed by atoms with Crippen LogP contribution in [0.1, 0.15) is 32.6 Å². The molecule has 2 atom stereocenters. The largest absolute Gasteiger partial charge is 0.367 e. The van der Waals surface area contributed by atoms with E-state index in [0.29, 0.717) is 12.0 Å². The van der Waals surface area contributed by atoms with Gasteiger partial charge in [-0.1, -0.05) is 25.5 Å². The van der Waals surface area contributed by atoms with Crippen molar-refractivity contribution >= 4 is 5.69 Å². The molecule has 0 bridgehead atoms. The molecule has 2 unspecified atom stereocenters. The Morgan fingerprint density at radius 2 is 2.00 bits per heavy atom. The first-order chi connectivity index (χ1) is 9.76. The summed E-state index contributed by atoms with van der Waals surface area (Å²) in [5, 5.41) is 3.70. The van der Waals surface area contributed by atoms with Crippen molar-refractivity contribution in [3.8, 4) is 0 Å². The number of benzene rings is 1. The van der Waals surface area contributed by atoms with Gasteiger partial charge < -0.3 is 10.2 Å². The lowest BCUT2D eigenvalue weighted by Crippen LogP contribution is -2.50. The SMILES string of the molecule is CCC1CC(NCC2CC2)CN(c2ccccc2F)C1. The fraction of sp³-hybridized carbons (Fsp3) is 0.647. The quantitative estimate of drug-likeness (QED) is 0.886. The normalized spacial score (nSPS) is 26.8. The number of halogens is 1. The van der Waals surface area contributed by atoms with Crippen LogP contribution in [-0.2, 0) is 0 Å². The first kappa shape index (κ1) is 13.9. The number of nitrogens with zero attached hydrogens (tertiary/aromatic N) is 1. The number of nitrogens with one attached hydrogen (secondary N) is 1. The monoisotopic (exact) mass is 276 g/mol. The summed E-state index contributed by atoms with van der Waals surface area (Å²) in [6, 6.07) is 7.68. The first-order valence-corrected chi connectivity index (χ1v) is 7.99. The Morgan fingerprint density at radius 1 is 1.20 bits per heavy atom. The zero-order chi connectivity index (χ0) is 13.9. The minimum absolute atomic E-state index is 0.0924. The molecule has 2 nitrogen and oxygen atoms in total. The predicted molar refractivity (Wildman–Crippen MR) is 81.5 cm³/mol. The van der Waals surface area contributed by atoms with Crippen LogP contribution in [0, 0.1) is 17.7 Å². The molecule has 0 aromatic heterocycles. The van der Waals surface area contributed by atoms with Crippen molar-refractivity contribution in [1.82, 2.24) is 5.32 Å². The van der Waals surface area contributed by atoms with Gasteiger partial charge in [0.25, 0.3) is 0 Å². The van der Waals surface area contributed by atoms with Gasteiger partial charge in [-0.2, -0.15) is 0 Å². The maximum Gasteiger partial charge on any atom is 0.146 e. The van der Waals surface area contributed by atoms with E-state index in [1.807, 2.05) is 12.1 Å². The Labute approximate surface area is 121 Å². The summed E-state index contributed by atoms with van der Waals surface area (Å²) in [5.41, 5.74) is 0.767. The fourth-order valence-corrected chi connectivity index (χ4v) is 3.21. The summed E-state index contributed by atoms with van der Waals surface area (Å²) in [4.78, 5) is 2.23. The first-order valence-electron chi connectivity index (χ1n) is 7.99. The average molecular weight is 276 g/mol. The molecule has 1 aromatic rings. The van der Waals surface area contributed by atoms with Gasteiger partial charge in [0, 0.05) is 19.1 Å². The van der Waals surface area contributed by atoms with Crippen molar-refractivity contribution in [2.45, 2.75) is 38.6 Å². The Hall–Kier alpha value is -1.09. The summed E-state index contributed by atoms with van der Waals surface area (Å²) in [6.07, 6.45) is 5.17. The smallest absolute Gasteiger partial charge is 0.146 e. The molecule has 1 aliphatic heterocycles. The molecule has 0 radical (unpaired) electrons. The number of piperidine rings is 1. The van der Waals surface area contributed by atoms with E-state index in [-0.39, 0.29) is 5.82 Å². The van der Waals surface area contributed by atoms with Gasteiger partial charge >= 0.3 is 0 Å². The summed E-state index contributed by atoms with van der Waals surface area (Å²) < 4.78 is 14.0. The highest BCUT2D eigenvalue weighted by molar-refractivity contribution is 5.48. The lowest BCUT2D eigenvalue weighted by Gasteiger charge is -2.39. The standard InChI is InChI=1S/C17H25FN2/c1-2-13-9-15(19-10-14-7-8-14)12-20(11-13)17-6-4-3-5-16(17)18/h3-6,13-15,19H,2,7-12H2,1H3. The number of para-hydroxylation sites is 1. The van der Waals surface area contributed by atoms with Gasteiger partial charge in [0.2, 0.25) is 0 Å². The molecular weight excluding hydrogens is 251 g/mol. The van der Waals surface area contributed by atoms with Gasteiger partial charge in [0.05, 0.1) is 5.69 Å². The highest BCUT2D eigenvalue weighted by Gasteiger charge is 2.29. The Morgan fingerprint density at radius 3 is 2.70 bits per heavy atom. The third-order valence-electron chi connectivity index (χ3n) is 4.70. The maximum absolute atomic E-state index is 14.0. The second-order valence-electron chi connectivity index (χ2n) is 6.41. The van der Waals surface area contributed by atoms with Gasteiger partial charge in [-0.05, 0) is 49.8 Å². The third kappa shape index (κ3) is 3.32. The van der Waals surface area contributed by atoms with E-state index in [0.717, 1.165) is 31.2 Å². The molecule has 1 aromatic carbocycles. The van der Waals surface area contributed by atoms with Crippen LogP contribution < -0.4 is 10.2 Å². The topological polar surface area (TPSA) is 15.3 Å². The minimum Gasteiger partial charge on any atom is -0.367 e. The van der Waals surface area contributed by atoms with Crippen molar-refractivity contribution in [1.29, 1.82) is 0 Å². The van der Waals surface area contributed by atoms with E-state index in [1.165, 1.54) is 25.7 Å². The number of anilines is 1.